The van der Waals surface area contributed by atoms with Crippen molar-refractivity contribution in [2.75, 3.05) is 26.2 Å². The number of morpholine rings is 1. The van der Waals surface area contributed by atoms with Gasteiger partial charge in [0.25, 0.3) is 11.5 Å². The standard InChI is InChI=1S/C18H22N4O3.2ClH/c1-12-2-4-13(5-3-12)16-20-10-15(17(23)21-16)18(24)22-8-9-25-14(11-22)6-7-19;;/h2-5,10,14H,6-9,11,19H2,1H3,(H,20,21,23);2*1H. The molecule has 0 saturated carbocycles. The molecule has 3 rings (SSSR count). The Hall–Kier alpha value is -1.93. The van der Waals surface area contributed by atoms with Gasteiger partial charge in [0, 0.05) is 24.8 Å². The van der Waals surface area contributed by atoms with E-state index >= 15 is 0 Å². The first-order chi connectivity index (χ1) is 12.1. The highest BCUT2D eigenvalue weighted by atomic mass is 35.5. The van der Waals surface area contributed by atoms with Gasteiger partial charge < -0.3 is 20.4 Å². The molecule has 2 heterocycles. The number of hydrogen-bond donors (Lipinski definition) is 2. The van der Waals surface area contributed by atoms with Gasteiger partial charge in [-0.3, -0.25) is 9.59 Å². The van der Waals surface area contributed by atoms with Crippen LogP contribution in [0.3, 0.4) is 0 Å². The molecule has 1 unspecified atom stereocenters. The predicted octanol–water partition coefficient (Wildman–Crippen LogP) is 1.78. The first kappa shape index (κ1) is 23.1. The fourth-order valence-corrected chi connectivity index (χ4v) is 2.84. The van der Waals surface area contributed by atoms with E-state index in [-0.39, 0.29) is 42.4 Å². The Kier molecular flexibility index (Phi) is 8.92. The molecule has 1 fully saturated rings. The molecule has 0 spiro atoms. The van der Waals surface area contributed by atoms with Crippen LogP contribution < -0.4 is 11.3 Å². The SMILES string of the molecule is Cc1ccc(-c2ncc(C(=O)N3CCOC(CCN)C3)c(=O)[nH]2)cc1.Cl.Cl. The number of aryl methyl sites for hydroxylation is 1. The van der Waals surface area contributed by atoms with Gasteiger partial charge in [-0.05, 0) is 19.9 Å². The molecule has 7 nitrogen and oxygen atoms in total. The van der Waals surface area contributed by atoms with Gasteiger partial charge in [0.2, 0.25) is 0 Å². The van der Waals surface area contributed by atoms with Crippen molar-refractivity contribution >= 4 is 30.7 Å². The Morgan fingerprint density at radius 1 is 1.33 bits per heavy atom. The van der Waals surface area contributed by atoms with Gasteiger partial charge in [-0.2, -0.15) is 0 Å². The molecule has 1 aliphatic rings. The second-order valence-electron chi connectivity index (χ2n) is 6.16. The van der Waals surface area contributed by atoms with E-state index in [2.05, 4.69) is 9.97 Å². The molecule has 1 amide bonds. The third kappa shape index (κ3) is 5.52. The fraction of sp³-hybridized carbons (Fsp3) is 0.389. The molecule has 2 aromatic rings. The lowest BCUT2D eigenvalue weighted by atomic mass is 10.1. The Labute approximate surface area is 170 Å². The van der Waals surface area contributed by atoms with Gasteiger partial charge in [0.15, 0.2) is 0 Å². The quantitative estimate of drug-likeness (QED) is 0.793. The molecule has 0 aliphatic carbocycles. The summed E-state index contributed by atoms with van der Waals surface area (Å²) in [5, 5.41) is 0. The summed E-state index contributed by atoms with van der Waals surface area (Å²) in [6.07, 6.45) is 1.95. The number of aromatic nitrogens is 2. The number of nitrogens with one attached hydrogen (secondary N) is 1. The van der Waals surface area contributed by atoms with E-state index < -0.39 is 5.56 Å². The number of carbonyl (C=O) groups is 1. The Bertz CT molecular complexity index is 809. The second-order valence-corrected chi connectivity index (χ2v) is 6.16. The zero-order chi connectivity index (χ0) is 17.8. The molecule has 1 aromatic carbocycles. The average Bonchev–Trinajstić information content (AvgIpc) is 2.62. The van der Waals surface area contributed by atoms with E-state index in [0.717, 1.165) is 11.1 Å². The Balaban J connectivity index is 0.00000182. The van der Waals surface area contributed by atoms with Gasteiger partial charge in [-0.15, -0.1) is 24.8 Å². The summed E-state index contributed by atoms with van der Waals surface area (Å²) in [6.45, 7) is 3.83. The number of benzene rings is 1. The maximum atomic E-state index is 12.6. The minimum atomic E-state index is -0.433. The van der Waals surface area contributed by atoms with Crippen LogP contribution in [-0.4, -0.2) is 53.1 Å². The third-order valence-corrected chi connectivity index (χ3v) is 4.27. The van der Waals surface area contributed by atoms with Crippen molar-refractivity contribution in [3.8, 4) is 11.4 Å². The summed E-state index contributed by atoms with van der Waals surface area (Å²) in [5.41, 5.74) is 7.09. The maximum Gasteiger partial charge on any atom is 0.264 e. The van der Waals surface area contributed by atoms with Gasteiger partial charge in [-0.1, -0.05) is 29.8 Å². The van der Waals surface area contributed by atoms with Gasteiger partial charge in [-0.25, -0.2) is 4.98 Å². The molecule has 1 aromatic heterocycles. The summed E-state index contributed by atoms with van der Waals surface area (Å²) in [4.78, 5) is 33.6. The monoisotopic (exact) mass is 414 g/mol. The maximum absolute atomic E-state index is 12.6. The average molecular weight is 415 g/mol. The van der Waals surface area contributed by atoms with Gasteiger partial charge in [0.1, 0.15) is 11.4 Å². The number of ether oxygens (including phenoxy) is 1. The molecule has 27 heavy (non-hydrogen) atoms. The summed E-state index contributed by atoms with van der Waals surface area (Å²) < 4.78 is 5.58. The number of aromatic amines is 1. The molecule has 0 bridgehead atoms. The van der Waals surface area contributed by atoms with E-state index in [0.29, 0.717) is 38.5 Å². The molecule has 9 heteroatoms. The number of carbonyl (C=O) groups excluding carboxylic acids is 1. The highest BCUT2D eigenvalue weighted by Gasteiger charge is 2.26. The molecule has 0 radical (unpaired) electrons. The number of H-pyrrole nitrogens is 1. The fourth-order valence-electron chi connectivity index (χ4n) is 2.84. The van der Waals surface area contributed by atoms with Gasteiger partial charge in [0.05, 0.1) is 12.7 Å². The van der Waals surface area contributed by atoms with E-state index in [1.54, 1.807) is 4.90 Å². The summed E-state index contributed by atoms with van der Waals surface area (Å²) in [5.74, 6) is 0.124. The smallest absolute Gasteiger partial charge is 0.264 e. The van der Waals surface area contributed by atoms with E-state index in [1.165, 1.54) is 6.20 Å². The van der Waals surface area contributed by atoms with Crippen LogP contribution in [0, 0.1) is 6.92 Å². The lowest BCUT2D eigenvalue weighted by Crippen LogP contribution is -2.47. The van der Waals surface area contributed by atoms with Crippen LogP contribution in [0.15, 0.2) is 35.3 Å². The molecule has 1 atom stereocenters. The van der Waals surface area contributed by atoms with Crippen molar-refractivity contribution in [1.82, 2.24) is 14.9 Å². The van der Waals surface area contributed by atoms with E-state index in [4.69, 9.17) is 10.5 Å². The first-order valence-corrected chi connectivity index (χ1v) is 8.36. The van der Waals surface area contributed by atoms with Crippen molar-refractivity contribution in [3.05, 3.63) is 51.9 Å². The van der Waals surface area contributed by atoms with Crippen molar-refractivity contribution in [2.45, 2.75) is 19.4 Å². The number of amides is 1. The van der Waals surface area contributed by atoms with Crippen molar-refractivity contribution in [1.29, 1.82) is 0 Å². The topological polar surface area (TPSA) is 101 Å². The zero-order valence-electron chi connectivity index (χ0n) is 15.0. The summed E-state index contributed by atoms with van der Waals surface area (Å²) in [7, 11) is 0. The number of hydrogen-bond acceptors (Lipinski definition) is 5. The summed E-state index contributed by atoms with van der Waals surface area (Å²) >= 11 is 0. The minimum absolute atomic E-state index is 0. The molecule has 1 saturated heterocycles. The molecular weight excluding hydrogens is 391 g/mol. The number of nitrogens with zero attached hydrogens (tertiary/aromatic N) is 2. The van der Waals surface area contributed by atoms with Crippen molar-refractivity contribution < 1.29 is 9.53 Å². The summed E-state index contributed by atoms with van der Waals surface area (Å²) in [6, 6.07) is 7.66. The van der Waals surface area contributed by atoms with Crippen molar-refractivity contribution in [2.24, 2.45) is 5.73 Å². The van der Waals surface area contributed by atoms with Gasteiger partial charge >= 0.3 is 0 Å². The van der Waals surface area contributed by atoms with Crippen LogP contribution in [0.1, 0.15) is 22.3 Å². The number of halogens is 2. The highest BCUT2D eigenvalue weighted by molar-refractivity contribution is 5.93. The first-order valence-electron chi connectivity index (χ1n) is 8.36. The normalized spacial score (nSPS) is 16.2. The Morgan fingerprint density at radius 3 is 2.67 bits per heavy atom. The lowest BCUT2D eigenvalue weighted by molar-refractivity contribution is -0.0237. The minimum Gasteiger partial charge on any atom is -0.374 e. The molecule has 148 valence electrons. The molecular formula is C18H24Cl2N4O3. The highest BCUT2D eigenvalue weighted by Crippen LogP contribution is 2.15. The van der Waals surface area contributed by atoms with Crippen LogP contribution >= 0.6 is 24.8 Å². The van der Waals surface area contributed by atoms with Crippen LogP contribution in [0.5, 0.6) is 0 Å². The largest absolute Gasteiger partial charge is 0.374 e. The Morgan fingerprint density at radius 2 is 2.04 bits per heavy atom. The lowest BCUT2D eigenvalue weighted by Gasteiger charge is -2.32. The van der Waals surface area contributed by atoms with E-state index in [9.17, 15) is 9.59 Å². The number of rotatable bonds is 4. The number of nitrogens with two attached hydrogens (primary N) is 1. The third-order valence-electron chi connectivity index (χ3n) is 4.27. The van der Waals surface area contributed by atoms with E-state index in [1.807, 2.05) is 31.2 Å². The second kappa shape index (κ2) is 10.4. The van der Waals surface area contributed by atoms with Crippen LogP contribution in [0.2, 0.25) is 0 Å². The molecule has 1 aliphatic heterocycles. The zero-order valence-corrected chi connectivity index (χ0v) is 16.6. The van der Waals surface area contributed by atoms with Crippen LogP contribution in [-0.2, 0) is 4.74 Å². The van der Waals surface area contributed by atoms with Crippen LogP contribution in [0.25, 0.3) is 11.4 Å². The predicted molar refractivity (Wildman–Crippen MR) is 109 cm³/mol. The van der Waals surface area contributed by atoms with Crippen LogP contribution in [0.4, 0.5) is 0 Å². The molecule has 3 N–H and O–H groups in total. The van der Waals surface area contributed by atoms with Crippen molar-refractivity contribution in [3.63, 3.8) is 0 Å².